The molecule has 0 fully saturated rings. The Kier molecular flexibility index (Phi) is 5.84. The van der Waals surface area contributed by atoms with Crippen LogP contribution in [0.1, 0.15) is 16.7 Å². The maximum atomic E-state index is 11.5. The number of carboxylic acid groups (broad SMARTS) is 1. The van der Waals surface area contributed by atoms with E-state index in [0.29, 0.717) is 10.9 Å². The Hall–Kier alpha value is -4.36. The molecular formula is C27H21ClN4O3. The molecule has 0 spiro atoms. The van der Waals surface area contributed by atoms with Crippen molar-refractivity contribution in [3.63, 3.8) is 0 Å². The zero-order valence-corrected chi connectivity index (χ0v) is 19.5. The van der Waals surface area contributed by atoms with Gasteiger partial charge >= 0.3 is 6.09 Å². The quantitative estimate of drug-likeness (QED) is 0.227. The standard InChI is InChI=1S/C27H21ClN4O3/c1-35-25-23-21(17-22(28)29-24(23)30-26(33)34)32(31-25)27(18-11-5-2-6-12-18,19-13-7-3-8-14-19)20-15-9-4-10-16-20/h2-17H,1H3,(H,29,30)(H,33,34). The lowest BCUT2D eigenvalue weighted by Crippen LogP contribution is -2.38. The Bertz CT molecular complexity index is 1390. The first-order valence-corrected chi connectivity index (χ1v) is 11.2. The number of benzene rings is 3. The summed E-state index contributed by atoms with van der Waals surface area (Å²) >= 11 is 6.39. The number of fused-ring (bicyclic) bond motifs is 1. The number of nitrogens with one attached hydrogen (secondary N) is 1. The first kappa shape index (κ1) is 22.4. The molecule has 174 valence electrons. The van der Waals surface area contributed by atoms with E-state index in [2.05, 4.69) is 10.3 Å². The van der Waals surface area contributed by atoms with Gasteiger partial charge in [-0.3, -0.25) is 5.32 Å². The van der Waals surface area contributed by atoms with E-state index in [0.717, 1.165) is 16.7 Å². The summed E-state index contributed by atoms with van der Waals surface area (Å²) in [5.41, 5.74) is 2.46. The molecule has 0 saturated carbocycles. The van der Waals surface area contributed by atoms with Gasteiger partial charge in [0.1, 0.15) is 16.1 Å². The lowest BCUT2D eigenvalue weighted by atomic mass is 9.77. The molecule has 7 nitrogen and oxygen atoms in total. The molecule has 5 aromatic rings. The summed E-state index contributed by atoms with van der Waals surface area (Å²) in [6.45, 7) is 0. The normalized spacial score (nSPS) is 11.4. The molecule has 2 aromatic heterocycles. The number of carbonyl (C=O) groups is 1. The summed E-state index contributed by atoms with van der Waals surface area (Å²) < 4.78 is 7.46. The van der Waals surface area contributed by atoms with E-state index in [1.54, 1.807) is 6.07 Å². The van der Waals surface area contributed by atoms with Crippen LogP contribution in [0.15, 0.2) is 97.1 Å². The van der Waals surface area contributed by atoms with Gasteiger partial charge in [0.15, 0.2) is 5.82 Å². The van der Waals surface area contributed by atoms with Crippen molar-refractivity contribution in [1.29, 1.82) is 0 Å². The van der Waals surface area contributed by atoms with Gasteiger partial charge in [-0.1, -0.05) is 103 Å². The molecule has 0 atom stereocenters. The van der Waals surface area contributed by atoms with E-state index in [4.69, 9.17) is 21.4 Å². The summed E-state index contributed by atoms with van der Waals surface area (Å²) in [5, 5.41) is 17.2. The third kappa shape index (κ3) is 3.76. The van der Waals surface area contributed by atoms with Crippen LogP contribution in [0.2, 0.25) is 5.15 Å². The number of nitrogens with zero attached hydrogens (tertiary/aromatic N) is 3. The number of methoxy groups -OCH3 is 1. The van der Waals surface area contributed by atoms with Crippen molar-refractivity contribution in [1.82, 2.24) is 14.8 Å². The fourth-order valence-electron chi connectivity index (χ4n) is 4.57. The second-order valence-corrected chi connectivity index (χ2v) is 8.23. The zero-order valence-electron chi connectivity index (χ0n) is 18.7. The molecule has 5 rings (SSSR count). The highest BCUT2D eigenvalue weighted by molar-refractivity contribution is 6.30. The number of rotatable bonds is 6. The van der Waals surface area contributed by atoms with Gasteiger partial charge in [0, 0.05) is 6.07 Å². The van der Waals surface area contributed by atoms with Gasteiger partial charge in [0.05, 0.1) is 12.6 Å². The van der Waals surface area contributed by atoms with E-state index >= 15 is 0 Å². The smallest absolute Gasteiger partial charge is 0.410 e. The fourth-order valence-corrected chi connectivity index (χ4v) is 4.76. The van der Waals surface area contributed by atoms with Gasteiger partial charge in [0.25, 0.3) is 0 Å². The maximum absolute atomic E-state index is 11.5. The number of amides is 1. The summed E-state index contributed by atoms with van der Waals surface area (Å²) in [6, 6.07) is 31.7. The van der Waals surface area contributed by atoms with Crippen LogP contribution in [0, 0.1) is 0 Å². The fraction of sp³-hybridized carbons (Fsp3) is 0.0741. The zero-order chi connectivity index (χ0) is 24.4. The lowest BCUT2D eigenvalue weighted by Gasteiger charge is -2.36. The predicted molar refractivity (Wildman–Crippen MR) is 135 cm³/mol. The van der Waals surface area contributed by atoms with E-state index in [1.165, 1.54) is 7.11 Å². The average molecular weight is 485 g/mol. The number of hydrogen-bond acceptors (Lipinski definition) is 4. The Labute approximate surface area is 206 Å². The van der Waals surface area contributed by atoms with Crippen LogP contribution in [0.4, 0.5) is 10.6 Å². The van der Waals surface area contributed by atoms with Crippen molar-refractivity contribution in [2.24, 2.45) is 0 Å². The molecular weight excluding hydrogens is 464 g/mol. The van der Waals surface area contributed by atoms with Gasteiger partial charge < -0.3 is 9.84 Å². The third-order valence-corrected chi connectivity index (χ3v) is 6.10. The van der Waals surface area contributed by atoms with E-state index in [-0.39, 0.29) is 16.9 Å². The number of pyridine rings is 1. The maximum Gasteiger partial charge on any atom is 0.410 e. The van der Waals surface area contributed by atoms with Crippen LogP contribution in [-0.4, -0.2) is 33.1 Å². The van der Waals surface area contributed by atoms with Gasteiger partial charge in [-0.15, -0.1) is 5.10 Å². The van der Waals surface area contributed by atoms with E-state index in [9.17, 15) is 9.90 Å². The van der Waals surface area contributed by atoms with Crippen molar-refractivity contribution < 1.29 is 14.6 Å². The van der Waals surface area contributed by atoms with Crippen molar-refractivity contribution in [2.45, 2.75) is 5.54 Å². The van der Waals surface area contributed by atoms with Crippen LogP contribution < -0.4 is 10.1 Å². The second-order valence-electron chi connectivity index (χ2n) is 7.85. The Morgan fingerprint density at radius 2 is 1.40 bits per heavy atom. The molecule has 35 heavy (non-hydrogen) atoms. The minimum absolute atomic E-state index is 0.0474. The van der Waals surface area contributed by atoms with Crippen molar-refractivity contribution in [3.05, 3.63) is 119 Å². The molecule has 0 bridgehead atoms. The summed E-state index contributed by atoms with van der Waals surface area (Å²) in [7, 11) is 1.49. The van der Waals surface area contributed by atoms with Gasteiger partial charge in [0.2, 0.25) is 5.88 Å². The third-order valence-electron chi connectivity index (χ3n) is 5.91. The first-order chi connectivity index (χ1) is 17.1. The summed E-state index contributed by atoms with van der Waals surface area (Å²) in [5.74, 6) is 0.270. The number of halogens is 1. The average Bonchev–Trinajstić information content (AvgIpc) is 3.25. The van der Waals surface area contributed by atoms with Crippen molar-refractivity contribution >= 4 is 34.4 Å². The summed E-state index contributed by atoms with van der Waals surface area (Å²) in [6.07, 6.45) is -1.27. The number of hydrogen-bond donors (Lipinski definition) is 2. The van der Waals surface area contributed by atoms with Crippen LogP contribution >= 0.6 is 11.6 Å². The Balaban J connectivity index is 1.99. The minimum Gasteiger partial charge on any atom is -0.479 e. The number of ether oxygens (including phenoxy) is 1. The SMILES string of the molecule is COc1nn(C(c2ccccc2)(c2ccccc2)c2ccccc2)c2cc(Cl)nc(NC(=O)O)c12. The van der Waals surface area contributed by atoms with Gasteiger partial charge in [-0.05, 0) is 16.7 Å². The largest absolute Gasteiger partial charge is 0.479 e. The lowest BCUT2D eigenvalue weighted by molar-refractivity contribution is 0.209. The topological polar surface area (TPSA) is 89.3 Å². The summed E-state index contributed by atoms with van der Waals surface area (Å²) in [4.78, 5) is 15.7. The van der Waals surface area contributed by atoms with Crippen LogP contribution in [0.5, 0.6) is 5.88 Å². The monoisotopic (exact) mass is 484 g/mol. The highest BCUT2D eigenvalue weighted by Gasteiger charge is 2.41. The highest BCUT2D eigenvalue weighted by atomic mass is 35.5. The predicted octanol–water partition coefficient (Wildman–Crippen LogP) is 6.02. The van der Waals surface area contributed by atoms with Crippen LogP contribution in [0.25, 0.3) is 10.9 Å². The second kappa shape index (κ2) is 9.12. The molecule has 1 amide bonds. The molecule has 0 aliphatic heterocycles. The Morgan fingerprint density at radius 3 is 1.83 bits per heavy atom. The molecule has 0 aliphatic rings. The first-order valence-electron chi connectivity index (χ1n) is 10.9. The Morgan fingerprint density at radius 1 is 0.914 bits per heavy atom. The van der Waals surface area contributed by atoms with E-state index in [1.807, 2.05) is 95.7 Å². The molecule has 3 aromatic carbocycles. The molecule has 0 radical (unpaired) electrons. The van der Waals surface area contributed by atoms with E-state index < -0.39 is 11.6 Å². The van der Waals surface area contributed by atoms with Crippen LogP contribution in [0.3, 0.4) is 0 Å². The van der Waals surface area contributed by atoms with Gasteiger partial charge in [-0.2, -0.15) is 0 Å². The molecule has 0 saturated heterocycles. The van der Waals surface area contributed by atoms with Crippen LogP contribution in [-0.2, 0) is 5.54 Å². The highest BCUT2D eigenvalue weighted by Crippen LogP contribution is 2.45. The van der Waals surface area contributed by atoms with Crippen molar-refractivity contribution in [2.75, 3.05) is 12.4 Å². The minimum atomic E-state index is -1.27. The molecule has 8 heteroatoms. The molecule has 0 aliphatic carbocycles. The molecule has 2 heterocycles. The van der Waals surface area contributed by atoms with Crippen molar-refractivity contribution in [3.8, 4) is 5.88 Å². The number of aromatic nitrogens is 3. The molecule has 2 N–H and O–H groups in total. The molecule has 0 unspecified atom stereocenters. The van der Waals surface area contributed by atoms with Gasteiger partial charge in [-0.25, -0.2) is 14.5 Å². The number of anilines is 1.